The molecule has 88 valence electrons. The fraction of sp³-hybridized carbons (Fsp3) is 0.357. The molecule has 0 N–H and O–H groups in total. The summed E-state index contributed by atoms with van der Waals surface area (Å²) in [5, 5.41) is 8.79. The summed E-state index contributed by atoms with van der Waals surface area (Å²) in [7, 11) is 3.26. The summed E-state index contributed by atoms with van der Waals surface area (Å²) in [6.07, 6.45) is 4.69. The predicted molar refractivity (Wildman–Crippen MR) is 66.1 cm³/mol. The average Bonchev–Trinajstić information content (AvgIpc) is 2.38. The Balaban J connectivity index is 2.55. The molecule has 17 heavy (non-hydrogen) atoms. The van der Waals surface area contributed by atoms with Crippen LogP contribution in [-0.4, -0.2) is 14.2 Å². The molecular weight excluding hydrogens is 214 g/mol. The first-order valence-corrected chi connectivity index (χ1v) is 5.64. The number of hydrogen-bond donors (Lipinski definition) is 0. The third-order valence-corrected chi connectivity index (χ3v) is 3.09. The molecule has 0 radical (unpaired) electrons. The summed E-state index contributed by atoms with van der Waals surface area (Å²) in [6, 6.07) is 6.09. The highest BCUT2D eigenvalue weighted by Gasteiger charge is 2.17. The van der Waals surface area contributed by atoms with E-state index in [-0.39, 0.29) is 0 Å². The van der Waals surface area contributed by atoms with E-state index in [0.29, 0.717) is 0 Å². The topological polar surface area (TPSA) is 42.2 Å². The van der Waals surface area contributed by atoms with Gasteiger partial charge in [0.25, 0.3) is 0 Å². The summed E-state index contributed by atoms with van der Waals surface area (Å²) >= 11 is 0. The number of rotatable bonds is 2. The van der Waals surface area contributed by atoms with Crippen LogP contribution < -0.4 is 9.47 Å². The lowest BCUT2D eigenvalue weighted by Crippen LogP contribution is -2.03. The molecule has 3 heteroatoms. The van der Waals surface area contributed by atoms with E-state index < -0.39 is 0 Å². The van der Waals surface area contributed by atoms with Gasteiger partial charge in [0.1, 0.15) is 0 Å². The molecule has 2 rings (SSSR count). The van der Waals surface area contributed by atoms with Gasteiger partial charge < -0.3 is 9.47 Å². The Morgan fingerprint density at radius 1 is 1.18 bits per heavy atom. The fourth-order valence-corrected chi connectivity index (χ4v) is 2.26. The molecule has 3 nitrogen and oxygen atoms in total. The van der Waals surface area contributed by atoms with E-state index in [0.717, 1.165) is 41.9 Å². The van der Waals surface area contributed by atoms with Crippen molar-refractivity contribution in [3.05, 3.63) is 29.3 Å². The zero-order valence-corrected chi connectivity index (χ0v) is 10.1. The minimum absolute atomic E-state index is 0.719. The average molecular weight is 229 g/mol. The van der Waals surface area contributed by atoms with E-state index in [2.05, 4.69) is 6.07 Å². The van der Waals surface area contributed by atoms with Crippen molar-refractivity contribution >= 4 is 5.57 Å². The highest BCUT2D eigenvalue weighted by Crippen LogP contribution is 2.38. The van der Waals surface area contributed by atoms with Crippen LogP contribution in [0.4, 0.5) is 0 Å². The van der Waals surface area contributed by atoms with Gasteiger partial charge in [0.15, 0.2) is 11.5 Å². The summed E-state index contributed by atoms with van der Waals surface area (Å²) in [6.45, 7) is 0. The number of methoxy groups -OCH3 is 2. The van der Waals surface area contributed by atoms with Crippen molar-refractivity contribution in [2.75, 3.05) is 14.2 Å². The minimum Gasteiger partial charge on any atom is -0.493 e. The molecular formula is C14H15NO2. The van der Waals surface area contributed by atoms with Crippen LogP contribution >= 0.6 is 0 Å². The molecule has 0 unspecified atom stereocenters. The second-order valence-corrected chi connectivity index (χ2v) is 4.02. The third kappa shape index (κ3) is 2.12. The highest BCUT2D eigenvalue weighted by atomic mass is 16.5. The molecule has 0 fully saturated rings. The van der Waals surface area contributed by atoms with Gasteiger partial charge in [0.2, 0.25) is 0 Å². The Morgan fingerprint density at radius 2 is 1.88 bits per heavy atom. The van der Waals surface area contributed by atoms with E-state index in [4.69, 9.17) is 14.7 Å². The molecule has 0 bridgehead atoms. The number of ether oxygens (including phenoxy) is 2. The maximum absolute atomic E-state index is 8.79. The molecule has 0 spiro atoms. The van der Waals surface area contributed by atoms with Crippen LogP contribution in [0.15, 0.2) is 18.2 Å². The molecule has 0 saturated heterocycles. The normalized spacial score (nSPS) is 16.2. The summed E-state index contributed by atoms with van der Waals surface area (Å²) in [4.78, 5) is 0. The predicted octanol–water partition coefficient (Wildman–Crippen LogP) is 2.95. The molecule has 0 heterocycles. The van der Waals surface area contributed by atoms with Crippen molar-refractivity contribution in [3.63, 3.8) is 0 Å². The smallest absolute Gasteiger partial charge is 0.161 e. The van der Waals surface area contributed by atoms with Gasteiger partial charge in [-0.05, 0) is 48.1 Å². The second-order valence-electron chi connectivity index (χ2n) is 4.02. The van der Waals surface area contributed by atoms with Crippen LogP contribution in [0.25, 0.3) is 5.57 Å². The Labute approximate surface area is 101 Å². The van der Waals surface area contributed by atoms with Gasteiger partial charge in [-0.2, -0.15) is 5.26 Å². The van der Waals surface area contributed by atoms with E-state index in [1.807, 2.05) is 12.1 Å². The molecule has 0 atom stereocenters. The molecule has 0 amide bonds. The van der Waals surface area contributed by atoms with Crippen molar-refractivity contribution in [2.45, 2.75) is 19.3 Å². The van der Waals surface area contributed by atoms with Gasteiger partial charge in [-0.1, -0.05) is 0 Å². The van der Waals surface area contributed by atoms with E-state index in [1.165, 1.54) is 5.56 Å². The monoisotopic (exact) mass is 229 g/mol. The maximum atomic E-state index is 8.79. The number of fused-ring (bicyclic) bond motifs is 1. The van der Waals surface area contributed by atoms with Crippen molar-refractivity contribution in [1.29, 1.82) is 5.26 Å². The Hall–Kier alpha value is -1.95. The Kier molecular flexibility index (Phi) is 3.34. The second kappa shape index (κ2) is 4.92. The number of allylic oxidation sites excluding steroid dienone is 2. The number of nitriles is 1. The summed E-state index contributed by atoms with van der Waals surface area (Å²) < 4.78 is 10.6. The van der Waals surface area contributed by atoms with Gasteiger partial charge in [0, 0.05) is 6.08 Å². The Morgan fingerprint density at radius 3 is 2.53 bits per heavy atom. The first-order chi connectivity index (χ1) is 8.30. The van der Waals surface area contributed by atoms with Gasteiger partial charge in [0.05, 0.1) is 20.3 Å². The van der Waals surface area contributed by atoms with E-state index >= 15 is 0 Å². The number of nitrogens with zero attached hydrogens (tertiary/aromatic N) is 1. The molecule has 1 aliphatic rings. The summed E-state index contributed by atoms with van der Waals surface area (Å²) in [5.74, 6) is 1.47. The van der Waals surface area contributed by atoms with Crippen LogP contribution in [-0.2, 0) is 6.42 Å². The summed E-state index contributed by atoms with van der Waals surface area (Å²) in [5.41, 5.74) is 3.44. The van der Waals surface area contributed by atoms with Crippen molar-refractivity contribution in [1.82, 2.24) is 0 Å². The quantitative estimate of drug-likeness (QED) is 0.732. The van der Waals surface area contributed by atoms with Crippen LogP contribution in [0.2, 0.25) is 0 Å². The lowest BCUT2D eigenvalue weighted by Gasteiger charge is -2.20. The number of hydrogen-bond acceptors (Lipinski definition) is 3. The van der Waals surface area contributed by atoms with Crippen molar-refractivity contribution in [2.24, 2.45) is 0 Å². The zero-order chi connectivity index (χ0) is 12.3. The SMILES string of the molecule is COc1cc2c(cc1OC)/C(=C/C#N)CCC2. The van der Waals surface area contributed by atoms with E-state index in [9.17, 15) is 0 Å². The lowest BCUT2D eigenvalue weighted by atomic mass is 9.87. The first-order valence-electron chi connectivity index (χ1n) is 5.64. The molecule has 1 aromatic rings. The molecule has 1 aromatic carbocycles. The Bertz CT molecular complexity index is 498. The zero-order valence-electron chi connectivity index (χ0n) is 10.1. The molecule has 0 saturated carbocycles. The van der Waals surface area contributed by atoms with Crippen LogP contribution in [0.5, 0.6) is 11.5 Å². The third-order valence-electron chi connectivity index (χ3n) is 3.09. The molecule has 0 aromatic heterocycles. The largest absolute Gasteiger partial charge is 0.493 e. The fourth-order valence-electron chi connectivity index (χ4n) is 2.26. The van der Waals surface area contributed by atoms with Gasteiger partial charge in [-0.25, -0.2) is 0 Å². The first kappa shape index (κ1) is 11.5. The van der Waals surface area contributed by atoms with Crippen LogP contribution in [0, 0.1) is 11.3 Å². The number of aryl methyl sites for hydroxylation is 1. The number of benzene rings is 1. The van der Waals surface area contributed by atoms with Crippen molar-refractivity contribution in [3.8, 4) is 17.6 Å². The lowest BCUT2D eigenvalue weighted by molar-refractivity contribution is 0.354. The minimum atomic E-state index is 0.719. The molecule has 1 aliphatic carbocycles. The molecule has 0 aliphatic heterocycles. The van der Waals surface area contributed by atoms with Crippen LogP contribution in [0.1, 0.15) is 24.0 Å². The van der Waals surface area contributed by atoms with Crippen molar-refractivity contribution < 1.29 is 9.47 Å². The maximum Gasteiger partial charge on any atom is 0.161 e. The van der Waals surface area contributed by atoms with Crippen LogP contribution in [0.3, 0.4) is 0 Å². The van der Waals surface area contributed by atoms with E-state index in [1.54, 1.807) is 20.3 Å². The van der Waals surface area contributed by atoms with Gasteiger partial charge >= 0.3 is 0 Å². The van der Waals surface area contributed by atoms with Gasteiger partial charge in [-0.15, -0.1) is 0 Å². The van der Waals surface area contributed by atoms with Gasteiger partial charge in [-0.3, -0.25) is 0 Å². The standard InChI is InChI=1S/C14H15NO2/c1-16-13-8-11-5-3-4-10(6-7-15)12(11)9-14(13)17-2/h6,8-9H,3-5H2,1-2H3/b10-6+. The highest BCUT2D eigenvalue weighted by molar-refractivity contribution is 5.74.